The van der Waals surface area contributed by atoms with E-state index in [0.29, 0.717) is 23.4 Å². The van der Waals surface area contributed by atoms with E-state index >= 15 is 0 Å². The Bertz CT molecular complexity index is 1110. The zero-order valence-electron chi connectivity index (χ0n) is 19.1. The van der Waals surface area contributed by atoms with E-state index < -0.39 is 5.92 Å². The Kier molecular flexibility index (Phi) is 6.62. The molecule has 7 nitrogen and oxygen atoms in total. The maximum Gasteiger partial charge on any atom is 0.254 e. The summed E-state index contributed by atoms with van der Waals surface area (Å²) in [6.07, 6.45) is 5.76. The highest BCUT2D eigenvalue weighted by Gasteiger charge is 2.27. The van der Waals surface area contributed by atoms with E-state index in [1.54, 1.807) is 13.1 Å². The van der Waals surface area contributed by atoms with Crippen LogP contribution in [0, 0.1) is 5.92 Å². The molecule has 1 aromatic carbocycles. The number of benzene rings is 1. The lowest BCUT2D eigenvalue weighted by atomic mass is 9.95. The molecule has 2 aromatic rings. The number of halogens is 1. The van der Waals surface area contributed by atoms with E-state index in [1.165, 1.54) is 0 Å². The molecule has 3 heterocycles. The third kappa shape index (κ3) is 4.57. The van der Waals surface area contributed by atoms with Crippen molar-refractivity contribution < 1.29 is 9.59 Å². The first-order valence-electron chi connectivity index (χ1n) is 11.2. The number of nitrogens with one attached hydrogen (secondary N) is 1. The number of carbonyl (C=O) groups is 2. The zero-order chi connectivity index (χ0) is 23.0. The Balaban J connectivity index is 1.53. The molecule has 170 valence electrons. The van der Waals surface area contributed by atoms with Crippen LogP contribution in [-0.2, 0) is 4.79 Å². The summed E-state index contributed by atoms with van der Waals surface area (Å²) >= 11 is 3.57. The number of aromatic nitrogens is 2. The molecule has 1 atom stereocenters. The SMILES string of the molecule is CC1=CC(C)=NC(=O)C1CNC(=O)c1cc(Br)cc2c1cnn2C1CCN(C(C)C)CC1. The molecule has 2 amide bonds. The normalized spacial score (nSPS) is 20.6. The van der Waals surface area contributed by atoms with Crippen LogP contribution < -0.4 is 5.32 Å². The molecule has 2 aliphatic rings. The fourth-order valence-electron chi connectivity index (χ4n) is 4.68. The van der Waals surface area contributed by atoms with E-state index in [2.05, 4.69) is 54.8 Å². The predicted octanol–water partition coefficient (Wildman–Crippen LogP) is 4.14. The van der Waals surface area contributed by atoms with Crippen LogP contribution in [0.2, 0.25) is 0 Å². The first-order chi connectivity index (χ1) is 15.2. The minimum atomic E-state index is -0.417. The van der Waals surface area contributed by atoms with Crippen molar-refractivity contribution in [1.82, 2.24) is 20.0 Å². The van der Waals surface area contributed by atoms with Gasteiger partial charge in [-0.2, -0.15) is 5.10 Å². The smallest absolute Gasteiger partial charge is 0.254 e. The summed E-state index contributed by atoms with van der Waals surface area (Å²) in [6.45, 7) is 10.5. The van der Waals surface area contributed by atoms with Crippen LogP contribution >= 0.6 is 15.9 Å². The highest BCUT2D eigenvalue weighted by atomic mass is 79.9. The number of piperidine rings is 1. The van der Waals surface area contributed by atoms with Gasteiger partial charge in [-0.25, -0.2) is 4.99 Å². The fraction of sp³-hybridized carbons (Fsp3) is 0.500. The van der Waals surface area contributed by atoms with Crippen molar-refractivity contribution >= 4 is 44.4 Å². The van der Waals surface area contributed by atoms with Crippen LogP contribution in [-0.4, -0.2) is 57.9 Å². The van der Waals surface area contributed by atoms with Crippen molar-refractivity contribution in [3.8, 4) is 0 Å². The molecule has 1 aromatic heterocycles. The molecule has 1 fully saturated rings. The Morgan fingerprint density at radius 1 is 1.25 bits per heavy atom. The molecule has 0 saturated carbocycles. The molecule has 0 aliphatic carbocycles. The number of aliphatic imine (C=N–C) groups is 1. The topological polar surface area (TPSA) is 79.6 Å². The molecule has 8 heteroatoms. The van der Waals surface area contributed by atoms with Gasteiger partial charge >= 0.3 is 0 Å². The average Bonchev–Trinajstić information content (AvgIpc) is 3.15. The van der Waals surface area contributed by atoms with Crippen molar-refractivity contribution in [2.45, 2.75) is 52.6 Å². The van der Waals surface area contributed by atoms with Gasteiger partial charge in [0, 0.05) is 41.2 Å². The van der Waals surface area contributed by atoms with Gasteiger partial charge in [-0.05, 0) is 58.7 Å². The summed E-state index contributed by atoms with van der Waals surface area (Å²) in [5.74, 6) is -0.834. The molecule has 32 heavy (non-hydrogen) atoms. The zero-order valence-corrected chi connectivity index (χ0v) is 20.6. The van der Waals surface area contributed by atoms with Crippen molar-refractivity contribution in [2.24, 2.45) is 10.9 Å². The van der Waals surface area contributed by atoms with Crippen LogP contribution in [0.3, 0.4) is 0 Å². The molecular formula is C24H30BrN5O2. The summed E-state index contributed by atoms with van der Waals surface area (Å²) in [6, 6.07) is 4.72. The molecule has 1 saturated heterocycles. The number of fused-ring (bicyclic) bond motifs is 1. The van der Waals surface area contributed by atoms with Crippen molar-refractivity contribution in [3.05, 3.63) is 40.0 Å². The third-order valence-corrected chi connectivity index (χ3v) is 7.00. The monoisotopic (exact) mass is 499 g/mol. The quantitative estimate of drug-likeness (QED) is 0.670. The van der Waals surface area contributed by atoms with Gasteiger partial charge < -0.3 is 10.2 Å². The number of likely N-dealkylation sites (tertiary alicyclic amines) is 1. The molecule has 1 unspecified atom stereocenters. The van der Waals surface area contributed by atoms with Crippen LogP contribution in [0.4, 0.5) is 0 Å². The number of amides is 2. The van der Waals surface area contributed by atoms with Gasteiger partial charge in [0.15, 0.2) is 0 Å². The van der Waals surface area contributed by atoms with E-state index in [-0.39, 0.29) is 18.4 Å². The van der Waals surface area contributed by atoms with Crippen molar-refractivity contribution in [3.63, 3.8) is 0 Å². The molecule has 0 spiro atoms. The lowest BCUT2D eigenvalue weighted by molar-refractivity contribution is -0.120. The number of hydrogen-bond donors (Lipinski definition) is 1. The van der Waals surface area contributed by atoms with E-state index in [4.69, 9.17) is 0 Å². The van der Waals surface area contributed by atoms with Gasteiger partial charge in [-0.1, -0.05) is 21.5 Å². The second-order valence-electron chi connectivity index (χ2n) is 9.08. The molecule has 0 bridgehead atoms. The minimum Gasteiger partial charge on any atom is -0.351 e. The number of dihydropyridines is 1. The summed E-state index contributed by atoms with van der Waals surface area (Å²) < 4.78 is 2.91. The Morgan fingerprint density at radius 2 is 1.97 bits per heavy atom. The highest BCUT2D eigenvalue weighted by Crippen LogP contribution is 2.31. The second-order valence-corrected chi connectivity index (χ2v) is 9.99. The van der Waals surface area contributed by atoms with Crippen LogP contribution in [0.1, 0.15) is 56.9 Å². The minimum absolute atomic E-state index is 0.206. The van der Waals surface area contributed by atoms with Crippen LogP contribution in [0.5, 0.6) is 0 Å². The summed E-state index contributed by atoms with van der Waals surface area (Å²) in [7, 11) is 0. The molecular weight excluding hydrogens is 470 g/mol. The molecule has 2 aliphatic heterocycles. The lowest BCUT2D eigenvalue weighted by Gasteiger charge is -2.34. The van der Waals surface area contributed by atoms with Crippen molar-refractivity contribution in [1.29, 1.82) is 0 Å². The van der Waals surface area contributed by atoms with Gasteiger partial charge in [0.05, 0.1) is 29.2 Å². The van der Waals surface area contributed by atoms with Crippen molar-refractivity contribution in [2.75, 3.05) is 19.6 Å². The fourth-order valence-corrected chi connectivity index (χ4v) is 5.13. The third-order valence-electron chi connectivity index (χ3n) is 6.54. The predicted molar refractivity (Wildman–Crippen MR) is 130 cm³/mol. The number of rotatable bonds is 5. The summed E-state index contributed by atoms with van der Waals surface area (Å²) in [4.78, 5) is 31.9. The molecule has 4 rings (SSSR count). The molecule has 1 N–H and O–H groups in total. The largest absolute Gasteiger partial charge is 0.351 e. The van der Waals surface area contributed by atoms with E-state index in [0.717, 1.165) is 46.9 Å². The van der Waals surface area contributed by atoms with Gasteiger partial charge in [-0.3, -0.25) is 14.3 Å². The lowest BCUT2D eigenvalue weighted by Crippen LogP contribution is -2.39. The Hall–Kier alpha value is -2.32. The highest BCUT2D eigenvalue weighted by molar-refractivity contribution is 9.10. The maximum atomic E-state index is 13.1. The number of carbonyl (C=O) groups excluding carboxylic acids is 2. The second kappa shape index (κ2) is 9.27. The summed E-state index contributed by atoms with van der Waals surface area (Å²) in [5.41, 5.74) is 3.14. The van der Waals surface area contributed by atoms with E-state index in [9.17, 15) is 9.59 Å². The van der Waals surface area contributed by atoms with Gasteiger partial charge in [-0.15, -0.1) is 0 Å². The average molecular weight is 500 g/mol. The number of nitrogens with zero attached hydrogens (tertiary/aromatic N) is 4. The van der Waals surface area contributed by atoms with Gasteiger partial charge in [0.2, 0.25) is 0 Å². The van der Waals surface area contributed by atoms with Crippen LogP contribution in [0.25, 0.3) is 10.9 Å². The first-order valence-corrected chi connectivity index (χ1v) is 12.0. The Labute approximate surface area is 197 Å². The maximum absolute atomic E-state index is 13.1. The summed E-state index contributed by atoms with van der Waals surface area (Å²) in [5, 5.41) is 8.44. The Morgan fingerprint density at radius 3 is 2.62 bits per heavy atom. The first kappa shape index (κ1) is 22.9. The van der Waals surface area contributed by atoms with Gasteiger partial charge in [0.1, 0.15) is 0 Å². The standard InChI is InChI=1S/C24H30BrN5O2/c1-14(2)29-7-5-18(6-8-29)30-22-11-17(25)10-19(21(22)13-27-30)23(31)26-12-20-15(3)9-16(4)28-24(20)32/h9-11,13-14,18,20H,5-8,12H2,1-4H3,(H,26,31). The van der Waals surface area contributed by atoms with E-state index in [1.807, 2.05) is 25.1 Å². The van der Waals surface area contributed by atoms with Crippen LogP contribution in [0.15, 0.2) is 39.4 Å². The van der Waals surface area contributed by atoms with Gasteiger partial charge in [0.25, 0.3) is 11.8 Å². The molecule has 0 radical (unpaired) electrons. The number of hydrogen-bond acceptors (Lipinski definition) is 4. The number of allylic oxidation sites excluding steroid dienone is 1.